The predicted molar refractivity (Wildman–Crippen MR) is 80.6 cm³/mol. The Balaban J connectivity index is 2.07. The minimum Gasteiger partial charge on any atom is -0.339 e. The molecule has 0 aliphatic carbocycles. The van der Waals surface area contributed by atoms with E-state index in [2.05, 4.69) is 31.5 Å². The highest BCUT2D eigenvalue weighted by molar-refractivity contribution is 9.10. The van der Waals surface area contributed by atoms with Crippen LogP contribution in [-0.4, -0.2) is 10.9 Å². The van der Waals surface area contributed by atoms with Gasteiger partial charge in [0.2, 0.25) is 5.91 Å². The molecule has 0 spiro atoms. The predicted octanol–water partition coefficient (Wildman–Crippen LogP) is 3.94. The van der Waals surface area contributed by atoms with Gasteiger partial charge in [-0.25, -0.2) is 4.98 Å². The lowest BCUT2D eigenvalue weighted by molar-refractivity contribution is -0.115. The van der Waals surface area contributed by atoms with Crippen LogP contribution >= 0.6 is 15.9 Å². The van der Waals surface area contributed by atoms with E-state index in [0.717, 1.165) is 16.0 Å². The minimum atomic E-state index is -0.0201. The van der Waals surface area contributed by atoms with Crippen molar-refractivity contribution in [3.05, 3.63) is 47.1 Å². The molecule has 1 aromatic carbocycles. The third-order valence-electron chi connectivity index (χ3n) is 2.50. The summed E-state index contributed by atoms with van der Waals surface area (Å²) < 4.78 is 0.972. The van der Waals surface area contributed by atoms with Gasteiger partial charge >= 0.3 is 0 Å². The molecule has 98 valence electrons. The quantitative estimate of drug-likeness (QED) is 0.897. The van der Waals surface area contributed by atoms with E-state index in [1.165, 1.54) is 0 Å². The van der Waals surface area contributed by atoms with Gasteiger partial charge in [0, 0.05) is 10.9 Å². The summed E-state index contributed by atoms with van der Waals surface area (Å²) in [5.74, 6) is 0.703. The van der Waals surface area contributed by atoms with Crippen molar-refractivity contribution in [3.63, 3.8) is 0 Å². The summed E-state index contributed by atoms with van der Waals surface area (Å²) in [6.07, 6.45) is 2.09. The Morgan fingerprint density at radius 3 is 2.68 bits per heavy atom. The third kappa shape index (κ3) is 3.79. The van der Waals surface area contributed by atoms with E-state index in [1.807, 2.05) is 43.3 Å². The molecule has 1 amide bonds. The van der Waals surface area contributed by atoms with Crippen molar-refractivity contribution in [2.45, 2.75) is 13.3 Å². The molecule has 2 rings (SSSR count). The molecule has 1 heterocycles. The maximum atomic E-state index is 11.2. The molecule has 0 saturated carbocycles. The Morgan fingerprint density at radius 1 is 1.26 bits per heavy atom. The van der Waals surface area contributed by atoms with Crippen LogP contribution in [0, 0.1) is 0 Å². The highest BCUT2D eigenvalue weighted by Crippen LogP contribution is 2.24. The van der Waals surface area contributed by atoms with Crippen molar-refractivity contribution in [3.8, 4) is 0 Å². The number of hydrogen-bond acceptors (Lipinski definition) is 3. The number of carbonyl (C=O) groups is 1. The normalized spacial score (nSPS) is 10.0. The van der Waals surface area contributed by atoms with E-state index in [9.17, 15) is 4.79 Å². The fraction of sp³-hybridized carbons (Fsp3) is 0.143. The van der Waals surface area contributed by atoms with E-state index in [1.54, 1.807) is 6.20 Å². The number of aromatic nitrogens is 1. The molecule has 0 aliphatic rings. The van der Waals surface area contributed by atoms with Crippen LogP contribution < -0.4 is 10.6 Å². The van der Waals surface area contributed by atoms with Crippen molar-refractivity contribution in [1.82, 2.24) is 4.98 Å². The Morgan fingerprint density at radius 2 is 2.05 bits per heavy atom. The summed E-state index contributed by atoms with van der Waals surface area (Å²) in [5.41, 5.74) is 1.64. The third-order valence-corrected chi connectivity index (χ3v) is 3.20. The first-order valence-electron chi connectivity index (χ1n) is 5.96. The van der Waals surface area contributed by atoms with Gasteiger partial charge in [0.25, 0.3) is 0 Å². The molecule has 0 bridgehead atoms. The average molecular weight is 320 g/mol. The molecule has 1 aromatic heterocycles. The van der Waals surface area contributed by atoms with Crippen LogP contribution in [0.1, 0.15) is 13.3 Å². The summed E-state index contributed by atoms with van der Waals surface area (Å²) >= 11 is 3.46. The Hall–Kier alpha value is -1.88. The first-order valence-corrected chi connectivity index (χ1v) is 6.76. The highest BCUT2D eigenvalue weighted by Gasteiger charge is 2.02. The summed E-state index contributed by atoms with van der Waals surface area (Å²) in [6, 6.07) is 11.5. The van der Waals surface area contributed by atoms with Gasteiger partial charge in [-0.3, -0.25) is 4.79 Å². The Kier molecular flexibility index (Phi) is 4.52. The molecule has 0 unspecified atom stereocenters. The van der Waals surface area contributed by atoms with Gasteiger partial charge in [-0.15, -0.1) is 0 Å². The molecule has 5 heteroatoms. The number of carbonyl (C=O) groups excluding carboxylic acids is 1. The van der Waals surface area contributed by atoms with Crippen LogP contribution in [0.5, 0.6) is 0 Å². The van der Waals surface area contributed by atoms with E-state index < -0.39 is 0 Å². The molecule has 0 aliphatic heterocycles. The number of halogens is 1. The fourth-order valence-corrected chi connectivity index (χ4v) is 1.88. The van der Waals surface area contributed by atoms with Crippen LogP contribution in [0.3, 0.4) is 0 Å². The second-order valence-electron chi connectivity index (χ2n) is 3.94. The Labute approximate surface area is 120 Å². The number of hydrogen-bond donors (Lipinski definition) is 2. The zero-order valence-electron chi connectivity index (χ0n) is 10.5. The molecule has 2 aromatic rings. The van der Waals surface area contributed by atoms with Crippen LogP contribution in [0.2, 0.25) is 0 Å². The molecular formula is C14H14BrN3O. The molecule has 2 N–H and O–H groups in total. The lowest BCUT2D eigenvalue weighted by Gasteiger charge is -2.08. The lowest BCUT2D eigenvalue weighted by Crippen LogP contribution is -2.09. The monoisotopic (exact) mass is 319 g/mol. The number of benzene rings is 1. The van der Waals surface area contributed by atoms with E-state index >= 15 is 0 Å². The molecule has 0 radical (unpaired) electrons. The SMILES string of the molecule is CCC(=O)Nc1ccc(Nc2ccccc2Br)nc1. The summed E-state index contributed by atoms with van der Waals surface area (Å²) in [6.45, 7) is 1.81. The molecule has 0 fully saturated rings. The van der Waals surface area contributed by atoms with Crippen LogP contribution in [0.15, 0.2) is 47.1 Å². The second kappa shape index (κ2) is 6.33. The smallest absolute Gasteiger partial charge is 0.224 e. The van der Waals surface area contributed by atoms with Gasteiger partial charge < -0.3 is 10.6 Å². The standard InChI is InChI=1S/C14H14BrN3O/c1-2-14(19)17-10-7-8-13(16-9-10)18-12-6-4-3-5-11(12)15/h3-9H,2H2,1H3,(H,16,18)(H,17,19). The number of para-hydroxylation sites is 1. The van der Waals surface area contributed by atoms with E-state index in [0.29, 0.717) is 12.1 Å². The number of rotatable bonds is 4. The molecule has 0 saturated heterocycles. The van der Waals surface area contributed by atoms with Crippen molar-refractivity contribution in [2.75, 3.05) is 10.6 Å². The topological polar surface area (TPSA) is 54.0 Å². The first-order chi connectivity index (χ1) is 9.19. The first kappa shape index (κ1) is 13.5. The molecule has 19 heavy (non-hydrogen) atoms. The van der Waals surface area contributed by atoms with Crippen molar-refractivity contribution < 1.29 is 4.79 Å². The lowest BCUT2D eigenvalue weighted by atomic mass is 10.3. The second-order valence-corrected chi connectivity index (χ2v) is 4.79. The van der Waals surface area contributed by atoms with Gasteiger partial charge in [0.1, 0.15) is 5.82 Å². The molecular weight excluding hydrogens is 306 g/mol. The number of nitrogens with one attached hydrogen (secondary N) is 2. The maximum absolute atomic E-state index is 11.2. The van der Waals surface area contributed by atoms with Crippen molar-refractivity contribution in [2.24, 2.45) is 0 Å². The van der Waals surface area contributed by atoms with Crippen molar-refractivity contribution >= 4 is 39.0 Å². The summed E-state index contributed by atoms with van der Waals surface area (Å²) in [5, 5.41) is 5.95. The van der Waals surface area contributed by atoms with Gasteiger partial charge in [0.05, 0.1) is 17.6 Å². The summed E-state index contributed by atoms with van der Waals surface area (Å²) in [4.78, 5) is 15.5. The number of nitrogens with zero attached hydrogens (tertiary/aromatic N) is 1. The zero-order valence-corrected chi connectivity index (χ0v) is 12.1. The summed E-state index contributed by atoms with van der Waals surface area (Å²) in [7, 11) is 0. The van der Waals surface area contributed by atoms with Crippen LogP contribution in [0.25, 0.3) is 0 Å². The number of amides is 1. The number of pyridine rings is 1. The maximum Gasteiger partial charge on any atom is 0.224 e. The van der Waals surface area contributed by atoms with Crippen LogP contribution in [0.4, 0.5) is 17.2 Å². The Bertz CT molecular complexity index is 569. The highest BCUT2D eigenvalue weighted by atomic mass is 79.9. The average Bonchev–Trinajstić information content (AvgIpc) is 2.43. The number of anilines is 3. The van der Waals surface area contributed by atoms with E-state index in [4.69, 9.17) is 0 Å². The van der Waals surface area contributed by atoms with Crippen molar-refractivity contribution in [1.29, 1.82) is 0 Å². The molecule has 4 nitrogen and oxygen atoms in total. The van der Waals surface area contributed by atoms with E-state index in [-0.39, 0.29) is 5.91 Å². The fourth-order valence-electron chi connectivity index (χ4n) is 1.49. The minimum absolute atomic E-state index is 0.0201. The van der Waals surface area contributed by atoms with Gasteiger partial charge in [-0.05, 0) is 40.2 Å². The van der Waals surface area contributed by atoms with Crippen LogP contribution in [-0.2, 0) is 4.79 Å². The zero-order chi connectivity index (χ0) is 13.7. The van der Waals surface area contributed by atoms with Gasteiger partial charge in [-0.1, -0.05) is 19.1 Å². The molecule has 0 atom stereocenters. The van der Waals surface area contributed by atoms with Gasteiger partial charge in [-0.2, -0.15) is 0 Å². The largest absolute Gasteiger partial charge is 0.339 e. The van der Waals surface area contributed by atoms with Gasteiger partial charge in [0.15, 0.2) is 0 Å².